The summed E-state index contributed by atoms with van der Waals surface area (Å²) < 4.78 is 40.8. The van der Waals surface area contributed by atoms with Crippen LogP contribution in [0.25, 0.3) is 0 Å². The van der Waals surface area contributed by atoms with Gasteiger partial charge in [0.2, 0.25) is 0 Å². The smallest absolute Gasteiger partial charge is 0.407 e. The molecular weight excluding hydrogens is 1010 g/mol. The van der Waals surface area contributed by atoms with Crippen molar-refractivity contribution in [2.24, 2.45) is 5.92 Å². The molecule has 1 saturated heterocycles. The summed E-state index contributed by atoms with van der Waals surface area (Å²) in [6.45, 7) is 15.3. The van der Waals surface area contributed by atoms with Crippen LogP contribution in [-0.2, 0) is 72.2 Å². The SMILES string of the molecule is CCCCC#CCCOC(CCC(=O)OCc1cc(COC(=O)CCCCCCCOC(=O)C(CCCC)CCCCCC)cc(COC(=O)CCC(CCCCCC)OC(=O)NCCN2CCCC2)c1)OCCC#CCCCC. The number of hydrogen-bond acceptors (Lipinski definition) is 13. The highest BCUT2D eigenvalue weighted by Gasteiger charge is 2.21. The van der Waals surface area contributed by atoms with Gasteiger partial charge in [0.15, 0.2) is 6.29 Å². The number of alkyl carbamates (subject to hydrolysis) is 1. The van der Waals surface area contributed by atoms with Crippen molar-refractivity contribution in [3.8, 4) is 23.7 Å². The molecule has 0 aromatic heterocycles. The zero-order valence-electron chi connectivity index (χ0n) is 50.7. The van der Waals surface area contributed by atoms with Gasteiger partial charge in [-0.15, -0.1) is 23.7 Å². The van der Waals surface area contributed by atoms with E-state index in [9.17, 15) is 24.0 Å². The summed E-state index contributed by atoms with van der Waals surface area (Å²) in [6.07, 6.45) is 26.6. The Bertz CT molecular complexity index is 1880. The number of hydrogen-bond donors (Lipinski definition) is 1. The number of carbonyl (C=O) groups is 5. The first-order valence-electron chi connectivity index (χ1n) is 31.7. The first-order valence-corrected chi connectivity index (χ1v) is 31.7. The number of carbonyl (C=O) groups excluding carboxylic acids is 5. The normalized spacial score (nSPS) is 12.9. The molecule has 0 bridgehead atoms. The van der Waals surface area contributed by atoms with Gasteiger partial charge in [0.25, 0.3) is 0 Å². The summed E-state index contributed by atoms with van der Waals surface area (Å²) >= 11 is 0. The third-order valence-electron chi connectivity index (χ3n) is 14.2. The van der Waals surface area contributed by atoms with Crippen molar-refractivity contribution in [1.82, 2.24) is 10.2 Å². The summed E-state index contributed by atoms with van der Waals surface area (Å²) in [7, 11) is 0. The number of nitrogens with zero attached hydrogens (tertiary/aromatic N) is 1. The van der Waals surface area contributed by atoms with Gasteiger partial charge >= 0.3 is 30.0 Å². The first kappa shape index (κ1) is 71.5. The van der Waals surface area contributed by atoms with Crippen molar-refractivity contribution in [2.75, 3.05) is 46.0 Å². The van der Waals surface area contributed by atoms with Gasteiger partial charge in [-0.1, -0.05) is 125 Å². The molecule has 1 aromatic rings. The number of amides is 1. The average molecular weight is 1120 g/mol. The predicted octanol–water partition coefficient (Wildman–Crippen LogP) is 14.7. The minimum Gasteiger partial charge on any atom is -0.465 e. The summed E-state index contributed by atoms with van der Waals surface area (Å²) in [5, 5.41) is 2.89. The highest BCUT2D eigenvalue weighted by molar-refractivity contribution is 5.72. The number of esters is 4. The topological polar surface area (TPSA) is 165 Å². The lowest BCUT2D eigenvalue weighted by molar-refractivity contribution is -0.158. The van der Waals surface area contributed by atoms with Crippen molar-refractivity contribution in [2.45, 2.75) is 279 Å². The summed E-state index contributed by atoms with van der Waals surface area (Å²) in [4.78, 5) is 67.4. The van der Waals surface area contributed by atoms with E-state index in [-0.39, 0.29) is 56.9 Å². The Hall–Kier alpha value is -4.63. The van der Waals surface area contributed by atoms with E-state index in [0.29, 0.717) is 81.6 Å². The maximum absolute atomic E-state index is 13.3. The molecule has 1 aliphatic rings. The highest BCUT2D eigenvalue weighted by atomic mass is 16.7. The van der Waals surface area contributed by atoms with Gasteiger partial charge in [-0.05, 0) is 119 Å². The number of nitrogens with one attached hydrogen (secondary N) is 1. The quantitative estimate of drug-likeness (QED) is 0.0216. The summed E-state index contributed by atoms with van der Waals surface area (Å²) in [5.41, 5.74) is 1.96. The Morgan fingerprint density at radius 3 is 1.52 bits per heavy atom. The second-order valence-electron chi connectivity index (χ2n) is 21.5. The number of ether oxygens (including phenoxy) is 7. The Balaban J connectivity index is 2.03. The molecule has 0 aliphatic carbocycles. The van der Waals surface area contributed by atoms with Gasteiger partial charge in [0.05, 0.1) is 32.2 Å². The molecule has 1 fully saturated rings. The van der Waals surface area contributed by atoms with Crippen LogP contribution in [0, 0.1) is 29.6 Å². The van der Waals surface area contributed by atoms with Gasteiger partial charge < -0.3 is 43.4 Å². The van der Waals surface area contributed by atoms with E-state index in [0.717, 1.165) is 148 Å². The molecule has 0 spiro atoms. The largest absolute Gasteiger partial charge is 0.465 e. The minimum absolute atomic E-state index is 0.00000889. The monoisotopic (exact) mass is 1120 g/mol. The van der Waals surface area contributed by atoms with Crippen LogP contribution in [0.2, 0.25) is 0 Å². The van der Waals surface area contributed by atoms with E-state index >= 15 is 0 Å². The molecule has 1 heterocycles. The van der Waals surface area contributed by atoms with Crippen LogP contribution in [0.4, 0.5) is 4.79 Å². The van der Waals surface area contributed by atoms with Gasteiger partial charge in [-0.3, -0.25) is 19.2 Å². The second-order valence-corrected chi connectivity index (χ2v) is 21.5. The maximum Gasteiger partial charge on any atom is 0.407 e. The molecule has 454 valence electrons. The van der Waals surface area contributed by atoms with Crippen LogP contribution in [0.5, 0.6) is 0 Å². The Morgan fingerprint density at radius 2 is 0.963 bits per heavy atom. The van der Waals surface area contributed by atoms with Crippen LogP contribution in [0.1, 0.15) is 263 Å². The van der Waals surface area contributed by atoms with Crippen molar-refractivity contribution in [3.05, 3.63) is 34.9 Å². The standard InChI is InChI=1S/C66H108N2O12/c1-6-11-16-20-24-32-47-74-64(75-48-33-25-21-17-12-7-2)42-41-63(71)79-55-58-51-56(53-77-61(69)38-29-23-22-26-34-49-76-65(72)59(35-15-10-5)36-27-18-13-8-3)50-57(52-58)54-78-62(70)40-39-60(37-28-19-14-9-4)80-66(73)67-43-46-68-44-30-31-45-68/h50-52,59-60,64H,6-19,22-23,26-49,53-55H2,1-5H3,(H,67,73). The Labute approximate surface area is 484 Å². The minimum atomic E-state index is -0.615. The number of rotatable bonds is 48. The zero-order valence-corrected chi connectivity index (χ0v) is 50.7. The first-order chi connectivity index (χ1) is 39.1. The van der Waals surface area contributed by atoms with Crippen LogP contribution in [-0.4, -0.2) is 93.3 Å². The van der Waals surface area contributed by atoms with E-state index in [1.54, 1.807) is 0 Å². The summed E-state index contributed by atoms with van der Waals surface area (Å²) in [6, 6.07) is 5.47. The van der Waals surface area contributed by atoms with E-state index in [1.165, 1.54) is 25.7 Å². The zero-order chi connectivity index (χ0) is 57.9. The molecule has 1 aromatic carbocycles. The lowest BCUT2D eigenvalue weighted by Gasteiger charge is -2.19. The highest BCUT2D eigenvalue weighted by Crippen LogP contribution is 2.21. The van der Waals surface area contributed by atoms with E-state index < -0.39 is 30.4 Å². The molecule has 14 nitrogen and oxygen atoms in total. The molecule has 14 heteroatoms. The van der Waals surface area contributed by atoms with Crippen molar-refractivity contribution in [1.29, 1.82) is 0 Å². The molecule has 2 unspecified atom stereocenters. The Morgan fingerprint density at radius 1 is 0.487 bits per heavy atom. The van der Waals surface area contributed by atoms with Crippen LogP contribution < -0.4 is 5.32 Å². The second kappa shape index (κ2) is 50.1. The maximum atomic E-state index is 13.3. The van der Waals surface area contributed by atoms with E-state index in [2.05, 4.69) is 68.5 Å². The number of benzene rings is 1. The molecule has 2 atom stereocenters. The van der Waals surface area contributed by atoms with Gasteiger partial charge in [0, 0.05) is 58.0 Å². The van der Waals surface area contributed by atoms with E-state index in [1.807, 2.05) is 18.2 Å². The molecule has 80 heavy (non-hydrogen) atoms. The fourth-order valence-corrected chi connectivity index (χ4v) is 9.31. The van der Waals surface area contributed by atoms with Crippen LogP contribution in [0.15, 0.2) is 18.2 Å². The molecule has 0 radical (unpaired) electrons. The van der Waals surface area contributed by atoms with Gasteiger partial charge in [-0.2, -0.15) is 0 Å². The molecular formula is C66H108N2O12. The van der Waals surface area contributed by atoms with Gasteiger partial charge in [0.1, 0.15) is 25.9 Å². The molecule has 0 saturated carbocycles. The fourth-order valence-electron chi connectivity index (χ4n) is 9.31. The molecule has 2 rings (SSSR count). The lowest BCUT2D eigenvalue weighted by Crippen LogP contribution is -2.35. The van der Waals surface area contributed by atoms with Crippen molar-refractivity contribution >= 4 is 30.0 Å². The van der Waals surface area contributed by atoms with Gasteiger partial charge in [-0.25, -0.2) is 4.79 Å². The van der Waals surface area contributed by atoms with Crippen molar-refractivity contribution < 1.29 is 57.1 Å². The fraction of sp³-hybridized carbons (Fsp3) is 0.773. The van der Waals surface area contributed by atoms with Crippen LogP contribution in [0.3, 0.4) is 0 Å². The predicted molar refractivity (Wildman–Crippen MR) is 317 cm³/mol. The van der Waals surface area contributed by atoms with Crippen LogP contribution >= 0.6 is 0 Å². The average Bonchev–Trinajstić information content (AvgIpc) is 3.99. The third-order valence-corrected chi connectivity index (χ3v) is 14.2. The number of likely N-dealkylation sites (tertiary alicyclic amines) is 1. The third kappa shape index (κ3) is 39.7. The Kier molecular flexibility index (Phi) is 44.8. The van der Waals surface area contributed by atoms with Crippen molar-refractivity contribution in [3.63, 3.8) is 0 Å². The number of unbranched alkanes of at least 4 members (excludes halogenated alkanes) is 15. The van der Waals surface area contributed by atoms with E-state index in [4.69, 9.17) is 33.2 Å². The molecule has 1 amide bonds. The molecule has 1 N–H and O–H groups in total. The molecule has 1 aliphatic heterocycles. The lowest BCUT2D eigenvalue weighted by atomic mass is 9.95. The summed E-state index contributed by atoms with van der Waals surface area (Å²) in [5.74, 6) is 11.4.